The van der Waals surface area contributed by atoms with Crippen molar-refractivity contribution in [2.75, 3.05) is 21.3 Å². The van der Waals surface area contributed by atoms with Crippen molar-refractivity contribution in [3.05, 3.63) is 46.3 Å². The maximum Gasteiger partial charge on any atom is 0.287 e. The predicted octanol–water partition coefficient (Wildman–Crippen LogP) is 3.80. The molecule has 0 spiro atoms. The summed E-state index contributed by atoms with van der Waals surface area (Å²) in [7, 11) is 4.68. The average Bonchev–Trinajstić information content (AvgIpc) is 3.06. The number of rotatable bonds is 5. The zero-order chi connectivity index (χ0) is 19.6. The van der Waals surface area contributed by atoms with Crippen LogP contribution in [0.15, 0.2) is 35.3 Å². The summed E-state index contributed by atoms with van der Waals surface area (Å²) in [6.07, 6.45) is 0. The van der Waals surface area contributed by atoms with Crippen LogP contribution in [0.2, 0.25) is 0 Å². The van der Waals surface area contributed by atoms with E-state index in [9.17, 15) is 4.79 Å². The van der Waals surface area contributed by atoms with Crippen LogP contribution in [0.1, 0.15) is 22.8 Å². The zero-order valence-electron chi connectivity index (χ0n) is 16.0. The molecule has 6 nitrogen and oxygen atoms in total. The molecule has 27 heavy (non-hydrogen) atoms. The van der Waals surface area contributed by atoms with Crippen molar-refractivity contribution >= 4 is 27.5 Å². The number of aryl methyl sites for hydroxylation is 2. The molecule has 0 N–H and O–H groups in total. The van der Waals surface area contributed by atoms with Crippen molar-refractivity contribution in [1.29, 1.82) is 0 Å². The van der Waals surface area contributed by atoms with Gasteiger partial charge in [0.25, 0.3) is 5.91 Å². The second-order valence-electron chi connectivity index (χ2n) is 5.85. The smallest absolute Gasteiger partial charge is 0.287 e. The number of amides is 1. The number of benzene rings is 2. The first kappa shape index (κ1) is 19.0. The SMILES string of the molecule is CCn1c(=NC(=O)c2c(OC)cccc2OC)sc2c(C)ccc(OC)c21. The van der Waals surface area contributed by atoms with E-state index < -0.39 is 5.91 Å². The maximum absolute atomic E-state index is 13.0. The van der Waals surface area contributed by atoms with Crippen molar-refractivity contribution in [3.8, 4) is 17.2 Å². The van der Waals surface area contributed by atoms with E-state index in [4.69, 9.17) is 14.2 Å². The van der Waals surface area contributed by atoms with Crippen LogP contribution in [0.4, 0.5) is 0 Å². The van der Waals surface area contributed by atoms with Crippen LogP contribution in [0, 0.1) is 6.92 Å². The molecule has 0 atom stereocenters. The number of nitrogens with zero attached hydrogens (tertiary/aromatic N) is 2. The highest BCUT2D eigenvalue weighted by Gasteiger charge is 2.19. The highest BCUT2D eigenvalue weighted by atomic mass is 32.1. The predicted molar refractivity (Wildman–Crippen MR) is 106 cm³/mol. The second-order valence-corrected chi connectivity index (χ2v) is 6.82. The topological polar surface area (TPSA) is 62.1 Å². The number of fused-ring (bicyclic) bond motifs is 1. The summed E-state index contributed by atoms with van der Waals surface area (Å²) >= 11 is 1.47. The molecule has 3 rings (SSSR count). The van der Waals surface area contributed by atoms with Crippen LogP contribution in [-0.4, -0.2) is 31.8 Å². The van der Waals surface area contributed by atoms with Crippen molar-refractivity contribution in [3.63, 3.8) is 0 Å². The zero-order valence-corrected chi connectivity index (χ0v) is 16.8. The second kappa shape index (κ2) is 7.84. The molecule has 1 aromatic heterocycles. The number of hydrogen-bond acceptors (Lipinski definition) is 5. The first-order chi connectivity index (χ1) is 13.0. The van der Waals surface area contributed by atoms with E-state index in [0.29, 0.717) is 28.4 Å². The number of hydrogen-bond donors (Lipinski definition) is 0. The minimum Gasteiger partial charge on any atom is -0.496 e. The van der Waals surface area contributed by atoms with Gasteiger partial charge >= 0.3 is 0 Å². The van der Waals surface area contributed by atoms with Crippen LogP contribution in [0.5, 0.6) is 17.2 Å². The summed E-state index contributed by atoms with van der Waals surface area (Å²) in [5, 5.41) is 0. The van der Waals surface area contributed by atoms with Crippen LogP contribution in [0.3, 0.4) is 0 Å². The highest BCUT2D eigenvalue weighted by molar-refractivity contribution is 7.16. The molecule has 3 aromatic rings. The molecule has 0 bridgehead atoms. The normalized spacial score (nSPS) is 11.7. The Kier molecular flexibility index (Phi) is 5.51. The molecule has 0 radical (unpaired) electrons. The summed E-state index contributed by atoms with van der Waals surface area (Å²) in [5.41, 5.74) is 2.37. The molecule has 2 aromatic carbocycles. The van der Waals surface area contributed by atoms with Gasteiger partial charge in [-0.25, -0.2) is 0 Å². The van der Waals surface area contributed by atoms with Gasteiger partial charge in [-0.1, -0.05) is 23.5 Å². The van der Waals surface area contributed by atoms with E-state index in [1.807, 2.05) is 30.5 Å². The van der Waals surface area contributed by atoms with E-state index in [1.54, 1.807) is 25.3 Å². The minimum absolute atomic E-state index is 0.311. The van der Waals surface area contributed by atoms with Gasteiger partial charge in [-0.2, -0.15) is 4.99 Å². The fraction of sp³-hybridized carbons (Fsp3) is 0.300. The van der Waals surface area contributed by atoms with Gasteiger partial charge in [-0.05, 0) is 37.6 Å². The fourth-order valence-electron chi connectivity index (χ4n) is 3.03. The van der Waals surface area contributed by atoms with Gasteiger partial charge in [0, 0.05) is 6.54 Å². The van der Waals surface area contributed by atoms with Crippen molar-refractivity contribution in [1.82, 2.24) is 4.57 Å². The lowest BCUT2D eigenvalue weighted by Gasteiger charge is -2.10. The van der Waals surface area contributed by atoms with Gasteiger partial charge < -0.3 is 18.8 Å². The number of carbonyl (C=O) groups is 1. The lowest BCUT2D eigenvalue weighted by Crippen LogP contribution is -2.16. The van der Waals surface area contributed by atoms with Crippen LogP contribution < -0.4 is 19.0 Å². The fourth-order valence-corrected chi connectivity index (χ4v) is 4.20. The lowest BCUT2D eigenvalue weighted by molar-refractivity contribution is 0.0992. The molecule has 0 aliphatic carbocycles. The molecule has 0 saturated carbocycles. The van der Waals surface area contributed by atoms with Gasteiger partial charge in [0.15, 0.2) is 4.80 Å². The average molecular weight is 386 g/mol. The maximum atomic E-state index is 13.0. The Morgan fingerprint density at radius 1 is 1.04 bits per heavy atom. The Bertz CT molecular complexity index is 1040. The van der Waals surface area contributed by atoms with E-state index >= 15 is 0 Å². The molecule has 0 saturated heterocycles. The number of thiazole rings is 1. The molecule has 0 aliphatic heterocycles. The van der Waals surface area contributed by atoms with Gasteiger partial charge in [-0.3, -0.25) is 4.79 Å². The van der Waals surface area contributed by atoms with Gasteiger partial charge in [0.05, 0.1) is 26.0 Å². The van der Waals surface area contributed by atoms with Crippen LogP contribution >= 0.6 is 11.3 Å². The summed E-state index contributed by atoms with van der Waals surface area (Å²) < 4.78 is 19.2. The van der Waals surface area contributed by atoms with Gasteiger partial charge in [0.1, 0.15) is 28.3 Å². The Labute approximate surface area is 161 Å². The molecule has 142 valence electrons. The van der Waals surface area contributed by atoms with Crippen molar-refractivity contribution in [2.45, 2.75) is 20.4 Å². The lowest BCUT2D eigenvalue weighted by atomic mass is 10.1. The third kappa shape index (κ3) is 3.30. The summed E-state index contributed by atoms with van der Waals surface area (Å²) in [5.74, 6) is 1.22. The van der Waals surface area contributed by atoms with Crippen LogP contribution in [0.25, 0.3) is 10.2 Å². The summed E-state index contributed by atoms with van der Waals surface area (Å²) in [4.78, 5) is 18.0. The quantitative estimate of drug-likeness (QED) is 0.669. The summed E-state index contributed by atoms with van der Waals surface area (Å²) in [6, 6.07) is 9.15. The van der Waals surface area contributed by atoms with Gasteiger partial charge in [-0.15, -0.1) is 0 Å². The molecule has 0 aliphatic rings. The van der Waals surface area contributed by atoms with Crippen molar-refractivity contribution in [2.24, 2.45) is 4.99 Å². The highest BCUT2D eigenvalue weighted by Crippen LogP contribution is 2.31. The number of methoxy groups -OCH3 is 3. The standard InChI is InChI=1S/C20H22N2O4S/c1-6-22-17-15(26-5)11-10-12(2)18(17)27-20(22)21-19(23)16-13(24-3)8-7-9-14(16)25-4/h7-11H,6H2,1-5H3. The third-order valence-corrected chi connectivity index (χ3v) is 5.57. The molecule has 7 heteroatoms. The van der Waals surface area contributed by atoms with E-state index in [2.05, 4.69) is 4.99 Å². The molecule has 1 amide bonds. The van der Waals surface area contributed by atoms with E-state index in [0.717, 1.165) is 21.5 Å². The van der Waals surface area contributed by atoms with E-state index in [-0.39, 0.29) is 0 Å². The number of aromatic nitrogens is 1. The monoisotopic (exact) mass is 386 g/mol. The molecular formula is C20H22N2O4S. The largest absolute Gasteiger partial charge is 0.496 e. The minimum atomic E-state index is -0.408. The molecular weight excluding hydrogens is 364 g/mol. The van der Waals surface area contributed by atoms with Crippen LogP contribution in [-0.2, 0) is 6.54 Å². The van der Waals surface area contributed by atoms with E-state index in [1.165, 1.54) is 25.6 Å². The number of ether oxygens (including phenoxy) is 3. The van der Waals surface area contributed by atoms with Crippen molar-refractivity contribution < 1.29 is 19.0 Å². The molecule has 0 unspecified atom stereocenters. The third-order valence-electron chi connectivity index (χ3n) is 4.36. The first-order valence-electron chi connectivity index (χ1n) is 8.52. The first-order valence-corrected chi connectivity index (χ1v) is 9.34. The Morgan fingerprint density at radius 2 is 1.67 bits per heavy atom. The Morgan fingerprint density at radius 3 is 2.22 bits per heavy atom. The molecule has 0 fully saturated rings. The molecule has 1 heterocycles. The summed E-state index contributed by atoms with van der Waals surface area (Å²) in [6.45, 7) is 4.71. The Balaban J connectivity index is 2.26. The Hall–Kier alpha value is -2.80. The van der Waals surface area contributed by atoms with Gasteiger partial charge in [0.2, 0.25) is 0 Å². The number of carbonyl (C=O) groups excluding carboxylic acids is 1.